The fourth-order valence-corrected chi connectivity index (χ4v) is 3.49. The minimum Gasteiger partial charge on any atom is -0.493 e. The summed E-state index contributed by atoms with van der Waals surface area (Å²) in [5, 5.41) is 13.2. The van der Waals surface area contributed by atoms with Gasteiger partial charge in [0.2, 0.25) is 5.89 Å². The Morgan fingerprint density at radius 3 is 2.62 bits per heavy atom. The number of carbonyl (C=O) groups excluding carboxylic acids is 1. The van der Waals surface area contributed by atoms with Crippen LogP contribution in [0.5, 0.6) is 11.5 Å². The second-order valence-corrected chi connectivity index (χ2v) is 6.72. The average molecular weight is 394 g/mol. The molecule has 8 heteroatoms. The van der Waals surface area contributed by atoms with Crippen LogP contribution in [0, 0.1) is 0 Å². The van der Waals surface area contributed by atoms with Crippen LogP contribution in [0.4, 0.5) is 16.5 Å². The van der Waals surface area contributed by atoms with Crippen LogP contribution in [0.25, 0.3) is 11.5 Å². The van der Waals surface area contributed by atoms with E-state index in [2.05, 4.69) is 33.0 Å². The van der Waals surface area contributed by atoms with Crippen molar-refractivity contribution in [2.75, 3.05) is 24.9 Å². The van der Waals surface area contributed by atoms with Crippen LogP contribution in [0.3, 0.4) is 0 Å². The average Bonchev–Trinajstić information content (AvgIpc) is 3.21. The van der Waals surface area contributed by atoms with Crippen LogP contribution in [-0.2, 0) is 12.8 Å². The van der Waals surface area contributed by atoms with Crippen molar-refractivity contribution in [3.8, 4) is 23.0 Å². The van der Waals surface area contributed by atoms with Crippen LogP contribution < -0.4 is 20.1 Å². The molecule has 0 saturated carbocycles. The number of carbonyl (C=O) groups is 1. The van der Waals surface area contributed by atoms with Gasteiger partial charge in [-0.2, -0.15) is 0 Å². The molecule has 0 aliphatic heterocycles. The zero-order valence-electron chi connectivity index (χ0n) is 16.3. The molecule has 1 aliphatic carbocycles. The number of hydrogen-bond donors (Lipinski definition) is 2. The van der Waals surface area contributed by atoms with Gasteiger partial charge in [-0.25, -0.2) is 4.79 Å². The van der Waals surface area contributed by atoms with E-state index in [1.165, 1.54) is 38.2 Å². The fourth-order valence-electron chi connectivity index (χ4n) is 3.49. The molecule has 0 radical (unpaired) electrons. The zero-order valence-corrected chi connectivity index (χ0v) is 16.3. The van der Waals surface area contributed by atoms with Crippen molar-refractivity contribution in [3.05, 3.63) is 47.5 Å². The summed E-state index contributed by atoms with van der Waals surface area (Å²) < 4.78 is 16.2. The maximum atomic E-state index is 12.3. The molecule has 0 saturated heterocycles. The minimum atomic E-state index is -0.530. The van der Waals surface area contributed by atoms with Gasteiger partial charge in [-0.1, -0.05) is 17.2 Å². The van der Waals surface area contributed by atoms with E-state index in [0.717, 1.165) is 18.4 Å². The topological polar surface area (TPSA) is 98.5 Å². The van der Waals surface area contributed by atoms with E-state index >= 15 is 0 Å². The SMILES string of the molecule is COc1cccc(NC(=O)Nc2nnc(-c3ccc4c(c3)CCCC4)o2)c1OC. The number of rotatable bonds is 5. The lowest BCUT2D eigenvalue weighted by Crippen LogP contribution is -2.20. The standard InChI is InChI=1S/C21H22N4O4/c1-27-17-9-5-8-16(18(17)28-2)22-20(26)23-21-25-24-19(29-21)15-11-10-13-6-3-4-7-14(13)12-15/h5,8-12H,3-4,6-7H2,1-2H3,(H2,22,23,25,26). The van der Waals surface area contributed by atoms with Crippen LogP contribution >= 0.6 is 0 Å². The molecular weight excluding hydrogens is 372 g/mol. The van der Waals surface area contributed by atoms with Gasteiger partial charge in [0.05, 0.1) is 19.9 Å². The Labute approximate surface area is 168 Å². The maximum absolute atomic E-state index is 12.3. The molecule has 8 nitrogen and oxygen atoms in total. The maximum Gasteiger partial charge on any atom is 0.327 e. The molecule has 0 fully saturated rings. The highest BCUT2D eigenvalue weighted by Gasteiger charge is 2.16. The molecule has 2 N–H and O–H groups in total. The molecule has 1 heterocycles. The zero-order chi connectivity index (χ0) is 20.2. The quantitative estimate of drug-likeness (QED) is 0.670. The number of nitrogens with zero attached hydrogens (tertiary/aromatic N) is 2. The highest BCUT2D eigenvalue weighted by atomic mass is 16.5. The summed E-state index contributed by atoms with van der Waals surface area (Å²) in [6.07, 6.45) is 4.60. The molecule has 2 amide bonds. The number of nitrogens with one attached hydrogen (secondary N) is 2. The summed E-state index contributed by atoms with van der Waals surface area (Å²) in [6, 6.07) is 10.9. The van der Waals surface area contributed by atoms with Gasteiger partial charge in [0.25, 0.3) is 0 Å². The number of anilines is 2. The normalized spacial score (nSPS) is 12.8. The lowest BCUT2D eigenvalue weighted by Gasteiger charge is -2.15. The number of ether oxygens (including phenoxy) is 2. The number of aromatic nitrogens is 2. The Balaban J connectivity index is 1.46. The first-order valence-electron chi connectivity index (χ1n) is 9.42. The van der Waals surface area contributed by atoms with Crippen molar-refractivity contribution in [3.63, 3.8) is 0 Å². The monoisotopic (exact) mass is 394 g/mol. The van der Waals surface area contributed by atoms with Gasteiger partial charge in [0, 0.05) is 5.56 Å². The van der Waals surface area contributed by atoms with Crippen molar-refractivity contribution < 1.29 is 18.7 Å². The number of urea groups is 1. The molecule has 1 aromatic heterocycles. The predicted molar refractivity (Wildman–Crippen MR) is 109 cm³/mol. The summed E-state index contributed by atoms with van der Waals surface area (Å²) in [4.78, 5) is 12.3. The molecule has 0 unspecified atom stereocenters. The van der Waals surface area contributed by atoms with Gasteiger partial charge in [-0.05, 0) is 61.1 Å². The van der Waals surface area contributed by atoms with Crippen LogP contribution in [0.15, 0.2) is 40.8 Å². The first-order chi connectivity index (χ1) is 14.2. The van der Waals surface area contributed by atoms with Gasteiger partial charge in [-0.15, -0.1) is 5.10 Å². The van der Waals surface area contributed by atoms with Gasteiger partial charge in [-0.3, -0.25) is 5.32 Å². The number of aryl methyl sites for hydroxylation is 2. The summed E-state index contributed by atoms with van der Waals surface area (Å²) >= 11 is 0. The number of methoxy groups -OCH3 is 2. The Kier molecular flexibility index (Phi) is 5.33. The van der Waals surface area contributed by atoms with Crippen molar-refractivity contribution in [2.45, 2.75) is 25.7 Å². The second kappa shape index (κ2) is 8.22. The van der Waals surface area contributed by atoms with Gasteiger partial charge >= 0.3 is 12.0 Å². The highest BCUT2D eigenvalue weighted by molar-refractivity contribution is 5.99. The lowest BCUT2D eigenvalue weighted by molar-refractivity contribution is 0.261. The smallest absolute Gasteiger partial charge is 0.327 e. The Morgan fingerprint density at radius 2 is 1.83 bits per heavy atom. The third-order valence-electron chi connectivity index (χ3n) is 4.89. The third-order valence-corrected chi connectivity index (χ3v) is 4.89. The molecule has 1 aliphatic rings. The molecule has 3 aromatic rings. The van der Waals surface area contributed by atoms with Gasteiger partial charge in [0.15, 0.2) is 11.5 Å². The fraction of sp³-hybridized carbons (Fsp3) is 0.286. The van der Waals surface area contributed by atoms with E-state index in [1.54, 1.807) is 18.2 Å². The Hall–Kier alpha value is -3.55. The molecule has 0 spiro atoms. The largest absolute Gasteiger partial charge is 0.493 e. The Bertz CT molecular complexity index is 1030. The van der Waals surface area contributed by atoms with Crippen LogP contribution in [0.1, 0.15) is 24.0 Å². The molecule has 0 bridgehead atoms. The van der Waals surface area contributed by atoms with Crippen molar-refractivity contribution in [1.29, 1.82) is 0 Å². The van der Waals surface area contributed by atoms with Crippen LogP contribution in [0.2, 0.25) is 0 Å². The number of fused-ring (bicyclic) bond motifs is 1. The molecule has 0 atom stereocenters. The summed E-state index contributed by atoms with van der Waals surface area (Å²) in [6.45, 7) is 0. The molecular formula is C21H22N4O4. The number of amides is 2. The van der Waals surface area contributed by atoms with Crippen molar-refractivity contribution >= 4 is 17.7 Å². The predicted octanol–water partition coefficient (Wildman–Crippen LogP) is 4.28. The van der Waals surface area contributed by atoms with E-state index in [9.17, 15) is 4.79 Å². The molecule has 29 heavy (non-hydrogen) atoms. The number of hydrogen-bond acceptors (Lipinski definition) is 6. The van der Waals surface area contributed by atoms with E-state index in [4.69, 9.17) is 13.9 Å². The van der Waals surface area contributed by atoms with E-state index in [0.29, 0.717) is 23.1 Å². The number of benzene rings is 2. The second-order valence-electron chi connectivity index (χ2n) is 6.72. The molecule has 2 aromatic carbocycles. The van der Waals surface area contributed by atoms with E-state index < -0.39 is 6.03 Å². The minimum absolute atomic E-state index is 0.0112. The summed E-state index contributed by atoms with van der Waals surface area (Å²) in [5.74, 6) is 1.30. The molecule has 4 rings (SSSR count). The van der Waals surface area contributed by atoms with Gasteiger partial charge < -0.3 is 19.2 Å². The van der Waals surface area contributed by atoms with Crippen molar-refractivity contribution in [1.82, 2.24) is 10.2 Å². The number of para-hydroxylation sites is 1. The third kappa shape index (κ3) is 4.01. The lowest BCUT2D eigenvalue weighted by atomic mass is 9.90. The summed E-state index contributed by atoms with van der Waals surface area (Å²) in [5.41, 5.74) is 4.01. The Morgan fingerprint density at radius 1 is 1.00 bits per heavy atom. The van der Waals surface area contributed by atoms with E-state index in [1.807, 2.05) is 6.07 Å². The van der Waals surface area contributed by atoms with Gasteiger partial charge in [0.1, 0.15) is 0 Å². The highest BCUT2D eigenvalue weighted by Crippen LogP contribution is 2.34. The first kappa shape index (κ1) is 18.8. The van der Waals surface area contributed by atoms with Crippen LogP contribution in [-0.4, -0.2) is 30.4 Å². The summed E-state index contributed by atoms with van der Waals surface area (Å²) in [7, 11) is 3.03. The van der Waals surface area contributed by atoms with Crippen molar-refractivity contribution in [2.24, 2.45) is 0 Å². The first-order valence-corrected chi connectivity index (χ1v) is 9.42. The van der Waals surface area contributed by atoms with E-state index in [-0.39, 0.29) is 6.01 Å². The molecule has 150 valence electrons.